The topological polar surface area (TPSA) is 95.4 Å². The zero-order valence-electron chi connectivity index (χ0n) is 10.4. The summed E-state index contributed by atoms with van der Waals surface area (Å²) in [6.45, 7) is 5.88. The number of nitrogens with two attached hydrogens (primary N) is 2. The van der Waals surface area contributed by atoms with Gasteiger partial charge in [0.2, 0.25) is 10.0 Å². The van der Waals surface area contributed by atoms with Gasteiger partial charge in [0.25, 0.3) is 0 Å². The first kappa shape index (κ1) is 13.8. The highest BCUT2D eigenvalue weighted by molar-refractivity contribution is 7.89. The van der Waals surface area contributed by atoms with Gasteiger partial charge >= 0.3 is 0 Å². The number of benzene rings is 1. The van der Waals surface area contributed by atoms with Gasteiger partial charge in [0.1, 0.15) is 4.90 Å². The lowest BCUT2D eigenvalue weighted by Gasteiger charge is -2.21. The first-order valence-corrected chi connectivity index (χ1v) is 6.63. The van der Waals surface area contributed by atoms with Crippen LogP contribution >= 0.6 is 0 Å². The van der Waals surface area contributed by atoms with E-state index in [2.05, 4.69) is 0 Å². The normalized spacial score (nSPS) is 12.5. The lowest BCUT2D eigenvalue weighted by Crippen LogP contribution is -2.18. The number of anilines is 1. The van der Waals surface area contributed by atoms with Crippen molar-refractivity contribution in [2.45, 2.75) is 31.1 Å². The number of nitrogen functional groups attached to an aromatic ring is 1. The summed E-state index contributed by atoms with van der Waals surface area (Å²) in [5.41, 5.74) is 6.62. The van der Waals surface area contributed by atoms with E-state index in [4.69, 9.17) is 15.6 Å². The highest BCUT2D eigenvalue weighted by atomic mass is 32.2. The Bertz CT molecular complexity index is 530. The predicted octanol–water partition coefficient (Wildman–Crippen LogP) is 1.22. The molecule has 0 radical (unpaired) electrons. The van der Waals surface area contributed by atoms with E-state index in [0.29, 0.717) is 0 Å². The fourth-order valence-corrected chi connectivity index (χ4v) is 2.24. The molecule has 6 heteroatoms. The third-order valence-electron chi connectivity index (χ3n) is 2.46. The molecule has 1 aromatic rings. The standard InChI is InChI=1S/C11H18N2O3S/c1-11(2,3)7-5-8(12)10(16-4)9(6-7)17(13,14)15/h5-6H,12H2,1-4H3,(H2,13,14,15). The summed E-state index contributed by atoms with van der Waals surface area (Å²) in [5.74, 6) is 0.0977. The van der Waals surface area contributed by atoms with E-state index >= 15 is 0 Å². The van der Waals surface area contributed by atoms with Gasteiger partial charge in [-0.05, 0) is 23.1 Å². The quantitative estimate of drug-likeness (QED) is 0.780. The molecule has 4 N–H and O–H groups in total. The minimum atomic E-state index is -3.86. The molecule has 0 saturated heterocycles. The molecule has 0 atom stereocenters. The average molecular weight is 258 g/mol. The Kier molecular flexibility index (Phi) is 3.40. The van der Waals surface area contributed by atoms with Crippen LogP contribution in [-0.2, 0) is 15.4 Å². The Morgan fingerprint density at radius 3 is 2.12 bits per heavy atom. The molecule has 96 valence electrons. The molecule has 0 bridgehead atoms. The molecule has 0 heterocycles. The summed E-state index contributed by atoms with van der Waals surface area (Å²) in [6, 6.07) is 3.21. The minimum Gasteiger partial charge on any atom is -0.493 e. The predicted molar refractivity (Wildman–Crippen MR) is 67.5 cm³/mol. The van der Waals surface area contributed by atoms with Crippen molar-refractivity contribution in [3.63, 3.8) is 0 Å². The highest BCUT2D eigenvalue weighted by Crippen LogP contribution is 2.35. The van der Waals surface area contributed by atoms with Crippen molar-refractivity contribution in [3.05, 3.63) is 17.7 Å². The summed E-state index contributed by atoms with van der Waals surface area (Å²) in [6.07, 6.45) is 0. The van der Waals surface area contributed by atoms with Gasteiger partial charge in [-0.1, -0.05) is 20.8 Å². The molecule has 0 aromatic heterocycles. The number of methoxy groups -OCH3 is 1. The van der Waals surface area contributed by atoms with E-state index in [9.17, 15) is 8.42 Å². The third-order valence-corrected chi connectivity index (χ3v) is 3.38. The summed E-state index contributed by atoms with van der Waals surface area (Å²) < 4.78 is 28.0. The molecule has 0 fully saturated rings. The zero-order chi connectivity index (χ0) is 13.4. The Hall–Kier alpha value is -1.27. The van der Waals surface area contributed by atoms with Crippen LogP contribution in [0.5, 0.6) is 5.75 Å². The Morgan fingerprint density at radius 1 is 1.24 bits per heavy atom. The van der Waals surface area contributed by atoms with Crippen LogP contribution in [0.4, 0.5) is 5.69 Å². The molecule has 0 saturated carbocycles. The van der Waals surface area contributed by atoms with Crippen LogP contribution in [0.25, 0.3) is 0 Å². The zero-order valence-corrected chi connectivity index (χ0v) is 11.3. The van der Waals surface area contributed by atoms with Gasteiger partial charge in [-0.15, -0.1) is 0 Å². The van der Waals surface area contributed by atoms with Crippen molar-refractivity contribution in [2.24, 2.45) is 5.14 Å². The third kappa shape index (κ3) is 2.89. The van der Waals surface area contributed by atoms with Gasteiger partial charge in [-0.2, -0.15) is 0 Å². The average Bonchev–Trinajstić information content (AvgIpc) is 2.13. The van der Waals surface area contributed by atoms with E-state index in [0.717, 1.165) is 5.56 Å². The van der Waals surface area contributed by atoms with Gasteiger partial charge in [0.15, 0.2) is 5.75 Å². The van der Waals surface area contributed by atoms with E-state index in [1.54, 1.807) is 6.07 Å². The van der Waals surface area contributed by atoms with Gasteiger partial charge in [-0.25, -0.2) is 13.6 Å². The minimum absolute atomic E-state index is 0.0788. The van der Waals surface area contributed by atoms with Crippen molar-refractivity contribution in [3.8, 4) is 5.75 Å². The van der Waals surface area contributed by atoms with Crippen LogP contribution < -0.4 is 15.6 Å². The number of hydrogen-bond acceptors (Lipinski definition) is 4. The molecule has 0 spiro atoms. The number of sulfonamides is 1. The van der Waals surface area contributed by atoms with Crippen molar-refractivity contribution >= 4 is 15.7 Å². The smallest absolute Gasteiger partial charge is 0.241 e. The SMILES string of the molecule is COc1c(N)cc(C(C)(C)C)cc1S(N)(=O)=O. The second kappa shape index (κ2) is 4.19. The maximum atomic E-state index is 11.5. The van der Waals surface area contributed by atoms with Crippen LogP contribution in [0.1, 0.15) is 26.3 Å². The van der Waals surface area contributed by atoms with E-state index in [-0.39, 0.29) is 21.7 Å². The molecule has 0 amide bonds. The maximum absolute atomic E-state index is 11.5. The van der Waals surface area contributed by atoms with E-state index in [1.165, 1.54) is 13.2 Å². The van der Waals surface area contributed by atoms with Gasteiger partial charge < -0.3 is 10.5 Å². The molecule has 5 nitrogen and oxygen atoms in total. The lowest BCUT2D eigenvalue weighted by atomic mass is 9.87. The van der Waals surface area contributed by atoms with Crippen LogP contribution in [0.3, 0.4) is 0 Å². The summed E-state index contributed by atoms with van der Waals surface area (Å²) >= 11 is 0. The number of primary sulfonamides is 1. The molecule has 0 aliphatic carbocycles. The van der Waals surface area contributed by atoms with Crippen LogP contribution in [0.15, 0.2) is 17.0 Å². The molecular weight excluding hydrogens is 240 g/mol. The van der Waals surface area contributed by atoms with Crippen molar-refractivity contribution in [2.75, 3.05) is 12.8 Å². The fraction of sp³-hybridized carbons (Fsp3) is 0.455. The second-order valence-corrected chi connectivity index (χ2v) is 6.42. The van der Waals surface area contributed by atoms with E-state index in [1.807, 2.05) is 20.8 Å². The van der Waals surface area contributed by atoms with Crippen molar-refractivity contribution < 1.29 is 13.2 Å². The molecule has 0 aliphatic heterocycles. The lowest BCUT2D eigenvalue weighted by molar-refractivity contribution is 0.404. The molecule has 1 aromatic carbocycles. The Labute approximate surface area is 102 Å². The van der Waals surface area contributed by atoms with E-state index < -0.39 is 10.0 Å². The van der Waals surface area contributed by atoms with Crippen LogP contribution in [0, 0.1) is 0 Å². The fourth-order valence-electron chi connectivity index (χ4n) is 1.49. The largest absolute Gasteiger partial charge is 0.493 e. The summed E-state index contributed by atoms with van der Waals surface area (Å²) in [5, 5.41) is 5.15. The first-order chi connectivity index (χ1) is 7.57. The Balaban J connectivity index is 3.63. The maximum Gasteiger partial charge on any atom is 0.241 e. The number of hydrogen-bond donors (Lipinski definition) is 2. The van der Waals surface area contributed by atoms with Gasteiger partial charge in [0.05, 0.1) is 12.8 Å². The van der Waals surface area contributed by atoms with Crippen molar-refractivity contribution in [1.29, 1.82) is 0 Å². The van der Waals surface area contributed by atoms with Crippen LogP contribution in [-0.4, -0.2) is 15.5 Å². The van der Waals surface area contributed by atoms with Crippen LogP contribution in [0.2, 0.25) is 0 Å². The monoisotopic (exact) mass is 258 g/mol. The second-order valence-electron chi connectivity index (χ2n) is 4.89. The number of rotatable bonds is 2. The Morgan fingerprint density at radius 2 is 1.76 bits per heavy atom. The highest BCUT2D eigenvalue weighted by Gasteiger charge is 2.23. The van der Waals surface area contributed by atoms with Gasteiger partial charge in [-0.3, -0.25) is 0 Å². The molecular formula is C11H18N2O3S. The molecule has 1 rings (SSSR count). The van der Waals surface area contributed by atoms with Gasteiger partial charge in [0, 0.05) is 0 Å². The summed E-state index contributed by atoms with van der Waals surface area (Å²) in [7, 11) is -2.50. The molecule has 17 heavy (non-hydrogen) atoms. The van der Waals surface area contributed by atoms with Crippen molar-refractivity contribution in [1.82, 2.24) is 0 Å². The molecule has 0 aliphatic rings. The summed E-state index contributed by atoms with van der Waals surface area (Å²) in [4.78, 5) is -0.0788. The number of ether oxygens (including phenoxy) is 1. The first-order valence-electron chi connectivity index (χ1n) is 5.08. The molecule has 0 unspecified atom stereocenters.